The second-order valence-electron chi connectivity index (χ2n) is 7.43. The summed E-state index contributed by atoms with van der Waals surface area (Å²) in [6, 6.07) is 9.67. The molecule has 0 saturated carbocycles. The fourth-order valence-corrected chi connectivity index (χ4v) is 4.22. The molecule has 0 aliphatic carbocycles. The van der Waals surface area contributed by atoms with Gasteiger partial charge in [-0.2, -0.15) is 5.10 Å². The van der Waals surface area contributed by atoms with Crippen LogP contribution in [0.5, 0.6) is 5.75 Å². The van der Waals surface area contributed by atoms with Crippen molar-refractivity contribution in [2.45, 2.75) is 44.8 Å². The molecule has 3 heterocycles. The normalized spacial score (nSPS) is 22.7. The molecule has 1 aromatic carbocycles. The minimum absolute atomic E-state index is 0.742. The van der Waals surface area contributed by atoms with Crippen molar-refractivity contribution in [3.05, 3.63) is 36.0 Å². The molecule has 1 N–H and O–H groups in total. The van der Waals surface area contributed by atoms with E-state index in [-0.39, 0.29) is 0 Å². The Kier molecular flexibility index (Phi) is 4.77. The van der Waals surface area contributed by atoms with Gasteiger partial charge in [-0.1, -0.05) is 6.42 Å². The van der Waals surface area contributed by atoms with Crippen LogP contribution in [-0.2, 0) is 6.54 Å². The van der Waals surface area contributed by atoms with Gasteiger partial charge < -0.3 is 4.74 Å². The molecule has 0 radical (unpaired) electrons. The number of benzene rings is 1. The summed E-state index contributed by atoms with van der Waals surface area (Å²) in [7, 11) is 1.69. The van der Waals surface area contributed by atoms with Crippen LogP contribution >= 0.6 is 0 Å². The van der Waals surface area contributed by atoms with Gasteiger partial charge in [0.2, 0.25) is 0 Å². The molecule has 134 valence electrons. The van der Waals surface area contributed by atoms with E-state index in [9.17, 15) is 0 Å². The van der Waals surface area contributed by atoms with Crippen molar-refractivity contribution in [1.82, 2.24) is 20.0 Å². The van der Waals surface area contributed by atoms with E-state index >= 15 is 0 Å². The summed E-state index contributed by atoms with van der Waals surface area (Å²) in [5.74, 6) is 0.881. The third kappa shape index (κ3) is 3.44. The summed E-state index contributed by atoms with van der Waals surface area (Å²) in [5.41, 5.74) is 3.56. The van der Waals surface area contributed by atoms with Crippen molar-refractivity contribution in [1.29, 1.82) is 0 Å². The molecule has 2 aliphatic rings. The van der Waals surface area contributed by atoms with Crippen LogP contribution in [0.2, 0.25) is 0 Å². The van der Waals surface area contributed by atoms with Gasteiger partial charge in [0.25, 0.3) is 0 Å². The fourth-order valence-electron chi connectivity index (χ4n) is 4.22. The van der Waals surface area contributed by atoms with Crippen LogP contribution in [0.25, 0.3) is 11.3 Å². The third-order valence-corrected chi connectivity index (χ3v) is 5.75. The minimum Gasteiger partial charge on any atom is -0.497 e. The molecule has 2 aromatic rings. The molecule has 0 amide bonds. The number of rotatable bonds is 5. The number of H-pyrrole nitrogens is 1. The fraction of sp³-hybridized carbons (Fsp3) is 0.550. The standard InChI is InChI=1S/C20H28N4O/c1-15-5-3-4-10-24(15)18-13-23(14-18)12-17-11-21-22-20(17)16-6-8-19(25-2)9-7-16/h6-9,11,15,18H,3-5,10,12-14H2,1-2H3,(H,21,22). The van der Waals surface area contributed by atoms with Gasteiger partial charge in [0.1, 0.15) is 5.75 Å². The minimum atomic E-state index is 0.742. The highest BCUT2D eigenvalue weighted by molar-refractivity contribution is 5.63. The smallest absolute Gasteiger partial charge is 0.118 e. The Morgan fingerprint density at radius 1 is 1.20 bits per heavy atom. The van der Waals surface area contributed by atoms with E-state index in [2.05, 4.69) is 39.1 Å². The molecule has 1 unspecified atom stereocenters. The van der Waals surface area contributed by atoms with E-state index in [0.717, 1.165) is 35.6 Å². The SMILES string of the molecule is COc1ccc(-c2[nH]ncc2CN2CC(N3CCCCC3C)C2)cc1. The summed E-state index contributed by atoms with van der Waals surface area (Å²) in [4.78, 5) is 5.25. The Hall–Kier alpha value is -1.85. The van der Waals surface area contributed by atoms with E-state index in [4.69, 9.17) is 4.74 Å². The first-order valence-corrected chi connectivity index (χ1v) is 9.39. The zero-order valence-electron chi connectivity index (χ0n) is 15.2. The van der Waals surface area contributed by atoms with Gasteiger partial charge in [-0.3, -0.25) is 14.9 Å². The van der Waals surface area contributed by atoms with Crippen LogP contribution in [-0.4, -0.2) is 58.8 Å². The summed E-state index contributed by atoms with van der Waals surface area (Å²) >= 11 is 0. The Labute approximate surface area is 150 Å². The third-order valence-electron chi connectivity index (χ3n) is 5.75. The van der Waals surface area contributed by atoms with Crippen LogP contribution in [0.4, 0.5) is 0 Å². The second kappa shape index (κ2) is 7.18. The molecule has 4 rings (SSSR count). The number of nitrogens with one attached hydrogen (secondary N) is 1. The molecule has 2 saturated heterocycles. The quantitative estimate of drug-likeness (QED) is 0.908. The first kappa shape index (κ1) is 16.6. The molecule has 0 bridgehead atoms. The van der Waals surface area contributed by atoms with Gasteiger partial charge in [-0.15, -0.1) is 0 Å². The lowest BCUT2D eigenvalue weighted by Crippen LogP contribution is -2.61. The van der Waals surface area contributed by atoms with Crippen molar-refractivity contribution in [2.24, 2.45) is 0 Å². The predicted molar refractivity (Wildman–Crippen MR) is 99.7 cm³/mol. The van der Waals surface area contributed by atoms with Crippen molar-refractivity contribution in [3.63, 3.8) is 0 Å². The molecule has 2 fully saturated rings. The lowest BCUT2D eigenvalue weighted by molar-refractivity contribution is -0.00613. The first-order chi connectivity index (χ1) is 12.2. The zero-order valence-corrected chi connectivity index (χ0v) is 15.2. The summed E-state index contributed by atoms with van der Waals surface area (Å²) in [6.07, 6.45) is 6.09. The van der Waals surface area contributed by atoms with E-state index in [1.54, 1.807) is 7.11 Å². The lowest BCUT2D eigenvalue weighted by atomic mass is 9.97. The number of hydrogen-bond donors (Lipinski definition) is 1. The number of likely N-dealkylation sites (tertiary alicyclic amines) is 2. The Morgan fingerprint density at radius 2 is 2.00 bits per heavy atom. The van der Waals surface area contributed by atoms with Crippen molar-refractivity contribution in [2.75, 3.05) is 26.7 Å². The van der Waals surface area contributed by atoms with Crippen LogP contribution in [0.3, 0.4) is 0 Å². The summed E-state index contributed by atoms with van der Waals surface area (Å²) in [5, 5.41) is 7.45. The van der Waals surface area contributed by atoms with E-state index in [1.807, 2.05) is 18.3 Å². The highest BCUT2D eigenvalue weighted by atomic mass is 16.5. The van der Waals surface area contributed by atoms with Crippen molar-refractivity contribution < 1.29 is 4.74 Å². The topological polar surface area (TPSA) is 44.4 Å². The van der Waals surface area contributed by atoms with Crippen LogP contribution in [0, 0.1) is 0 Å². The summed E-state index contributed by atoms with van der Waals surface area (Å²) in [6.45, 7) is 6.99. The largest absolute Gasteiger partial charge is 0.497 e. The Bertz CT molecular complexity index is 690. The second-order valence-corrected chi connectivity index (χ2v) is 7.43. The van der Waals surface area contributed by atoms with E-state index < -0.39 is 0 Å². The number of aromatic amines is 1. The first-order valence-electron chi connectivity index (χ1n) is 9.39. The van der Waals surface area contributed by atoms with Crippen LogP contribution in [0.1, 0.15) is 31.7 Å². The van der Waals surface area contributed by atoms with E-state index in [0.29, 0.717) is 0 Å². The Balaban J connectivity index is 1.37. The van der Waals surface area contributed by atoms with Crippen LogP contribution in [0.15, 0.2) is 30.5 Å². The maximum absolute atomic E-state index is 5.25. The van der Waals surface area contributed by atoms with Gasteiger partial charge >= 0.3 is 0 Å². The highest BCUT2D eigenvalue weighted by Gasteiger charge is 2.35. The molecule has 1 aromatic heterocycles. The predicted octanol–water partition coefficient (Wildman–Crippen LogP) is 3.14. The van der Waals surface area contributed by atoms with Gasteiger partial charge in [0.05, 0.1) is 19.0 Å². The number of nitrogens with zero attached hydrogens (tertiary/aromatic N) is 3. The summed E-state index contributed by atoms with van der Waals surface area (Å²) < 4.78 is 5.25. The molecule has 5 heteroatoms. The van der Waals surface area contributed by atoms with Gasteiger partial charge in [-0.25, -0.2) is 0 Å². The molecule has 0 spiro atoms. The van der Waals surface area contributed by atoms with Gasteiger partial charge in [0, 0.05) is 42.8 Å². The number of aromatic nitrogens is 2. The highest BCUT2D eigenvalue weighted by Crippen LogP contribution is 2.28. The monoisotopic (exact) mass is 340 g/mol. The lowest BCUT2D eigenvalue weighted by Gasteiger charge is -2.49. The number of piperidine rings is 1. The molecular formula is C20H28N4O. The average molecular weight is 340 g/mol. The van der Waals surface area contributed by atoms with Crippen molar-refractivity contribution >= 4 is 0 Å². The van der Waals surface area contributed by atoms with Crippen LogP contribution < -0.4 is 4.74 Å². The maximum Gasteiger partial charge on any atom is 0.118 e. The molecule has 2 aliphatic heterocycles. The maximum atomic E-state index is 5.25. The molecule has 5 nitrogen and oxygen atoms in total. The number of ether oxygens (including phenoxy) is 1. The van der Waals surface area contributed by atoms with Crippen molar-refractivity contribution in [3.8, 4) is 17.0 Å². The number of hydrogen-bond acceptors (Lipinski definition) is 4. The van der Waals surface area contributed by atoms with E-state index in [1.165, 1.54) is 44.5 Å². The molecule has 1 atom stereocenters. The molecule has 25 heavy (non-hydrogen) atoms. The zero-order chi connectivity index (χ0) is 17.2. The van der Waals surface area contributed by atoms with Gasteiger partial charge in [-0.05, 0) is 50.6 Å². The van der Waals surface area contributed by atoms with Gasteiger partial charge in [0.15, 0.2) is 0 Å². The molecular weight excluding hydrogens is 312 g/mol. The Morgan fingerprint density at radius 3 is 2.72 bits per heavy atom. The average Bonchev–Trinajstić information content (AvgIpc) is 3.07. The number of methoxy groups -OCH3 is 1.